The van der Waals surface area contributed by atoms with Crippen molar-refractivity contribution in [2.45, 2.75) is 45.1 Å². The van der Waals surface area contributed by atoms with Gasteiger partial charge < -0.3 is 11.1 Å². The Hall–Kier alpha value is -1.27. The van der Waals surface area contributed by atoms with Crippen molar-refractivity contribution in [3.05, 3.63) is 18.2 Å². The monoisotopic (exact) mass is 299 g/mol. The fourth-order valence-corrected chi connectivity index (χ4v) is 3.11. The first-order valence-corrected chi connectivity index (χ1v) is 8.45. The first-order chi connectivity index (χ1) is 9.31. The maximum Gasteiger partial charge on any atom is 0.240 e. The zero-order valence-electron chi connectivity index (χ0n) is 12.6. The quantitative estimate of drug-likeness (QED) is 0.675. The van der Waals surface area contributed by atoms with Gasteiger partial charge in [0.25, 0.3) is 0 Å². The summed E-state index contributed by atoms with van der Waals surface area (Å²) in [7, 11) is -3.46. The lowest BCUT2D eigenvalue weighted by Gasteiger charge is -2.23. The summed E-state index contributed by atoms with van der Waals surface area (Å²) in [5, 5.41) is 3.33. The normalized spacial score (nSPS) is 13.4. The molecule has 0 bridgehead atoms. The van der Waals surface area contributed by atoms with E-state index in [1.165, 1.54) is 6.07 Å². The number of benzene rings is 1. The van der Waals surface area contributed by atoms with Crippen LogP contribution in [0, 0.1) is 5.92 Å². The lowest BCUT2D eigenvalue weighted by molar-refractivity contribution is 0.511. The van der Waals surface area contributed by atoms with E-state index in [1.807, 2.05) is 0 Å². The first kappa shape index (κ1) is 16.8. The summed E-state index contributed by atoms with van der Waals surface area (Å²) in [5.41, 5.74) is 7.16. The van der Waals surface area contributed by atoms with Gasteiger partial charge in [-0.1, -0.05) is 27.7 Å². The van der Waals surface area contributed by atoms with Crippen LogP contribution in [-0.2, 0) is 10.0 Å². The van der Waals surface area contributed by atoms with Crippen LogP contribution >= 0.6 is 0 Å². The Morgan fingerprint density at radius 1 is 1.25 bits per heavy atom. The van der Waals surface area contributed by atoms with Gasteiger partial charge in [-0.25, -0.2) is 13.1 Å². The average Bonchev–Trinajstić information content (AvgIpc) is 2.37. The van der Waals surface area contributed by atoms with Crippen molar-refractivity contribution in [3.63, 3.8) is 0 Å². The maximum absolute atomic E-state index is 12.0. The van der Waals surface area contributed by atoms with Crippen molar-refractivity contribution in [1.82, 2.24) is 4.72 Å². The summed E-state index contributed by atoms with van der Waals surface area (Å²) < 4.78 is 26.5. The lowest BCUT2D eigenvalue weighted by atomic mass is 10.0. The highest BCUT2D eigenvalue weighted by molar-refractivity contribution is 7.89. The van der Waals surface area contributed by atoms with E-state index in [1.54, 1.807) is 19.1 Å². The Balaban J connectivity index is 3.09. The molecule has 5 nitrogen and oxygen atoms in total. The molecule has 0 aliphatic rings. The van der Waals surface area contributed by atoms with E-state index in [0.717, 1.165) is 6.42 Å². The first-order valence-electron chi connectivity index (χ1n) is 6.97. The molecule has 20 heavy (non-hydrogen) atoms. The minimum absolute atomic E-state index is 0.231. The third-order valence-electron chi connectivity index (χ3n) is 3.25. The van der Waals surface area contributed by atoms with Crippen LogP contribution in [0.25, 0.3) is 0 Å². The third kappa shape index (κ3) is 4.11. The van der Waals surface area contributed by atoms with Crippen LogP contribution in [-0.4, -0.2) is 21.0 Å². The van der Waals surface area contributed by atoms with Gasteiger partial charge in [0.15, 0.2) is 0 Å². The van der Waals surface area contributed by atoms with E-state index >= 15 is 0 Å². The molecule has 114 valence electrons. The topological polar surface area (TPSA) is 84.2 Å². The smallest absolute Gasteiger partial charge is 0.240 e. The minimum Gasteiger partial charge on any atom is -0.397 e. The van der Waals surface area contributed by atoms with Crippen LogP contribution in [0.15, 0.2) is 23.1 Å². The van der Waals surface area contributed by atoms with Gasteiger partial charge in [-0.15, -0.1) is 0 Å². The number of hydrogen-bond donors (Lipinski definition) is 3. The van der Waals surface area contributed by atoms with Crippen molar-refractivity contribution in [2.24, 2.45) is 5.92 Å². The highest BCUT2D eigenvalue weighted by Gasteiger charge is 2.17. The molecule has 0 aliphatic heterocycles. The number of nitrogen functional groups attached to an aromatic ring is 1. The van der Waals surface area contributed by atoms with Crippen LogP contribution < -0.4 is 15.8 Å². The zero-order chi connectivity index (χ0) is 15.3. The number of anilines is 2. The highest BCUT2D eigenvalue weighted by Crippen LogP contribution is 2.25. The molecular formula is C14H25N3O2S. The Bertz CT molecular complexity index is 541. The molecule has 6 heteroatoms. The fourth-order valence-electron chi connectivity index (χ4n) is 2.04. The molecule has 1 aromatic rings. The summed E-state index contributed by atoms with van der Waals surface area (Å²) in [4.78, 5) is 0.231. The molecule has 0 heterocycles. The average molecular weight is 299 g/mol. The van der Waals surface area contributed by atoms with Crippen LogP contribution in [0.4, 0.5) is 11.4 Å². The number of nitrogens with two attached hydrogens (primary N) is 1. The molecule has 0 fully saturated rings. The van der Waals surface area contributed by atoms with E-state index < -0.39 is 10.0 Å². The van der Waals surface area contributed by atoms with E-state index in [2.05, 4.69) is 30.8 Å². The molecule has 0 saturated carbocycles. The fraction of sp³-hybridized carbons (Fsp3) is 0.571. The minimum atomic E-state index is -3.46. The van der Waals surface area contributed by atoms with Gasteiger partial charge in [-0.2, -0.15) is 0 Å². The van der Waals surface area contributed by atoms with Crippen molar-refractivity contribution in [2.75, 3.05) is 17.6 Å². The Labute approximate surface area is 122 Å². The Morgan fingerprint density at radius 3 is 2.40 bits per heavy atom. The lowest BCUT2D eigenvalue weighted by Crippen LogP contribution is -2.26. The largest absolute Gasteiger partial charge is 0.397 e. The number of nitrogens with one attached hydrogen (secondary N) is 2. The van der Waals surface area contributed by atoms with Gasteiger partial charge in [0.1, 0.15) is 0 Å². The SMILES string of the molecule is CCNS(=O)(=O)c1ccc(N)c(NC(CC)C(C)C)c1. The third-order valence-corrected chi connectivity index (χ3v) is 4.80. The molecule has 1 atom stereocenters. The van der Waals surface area contributed by atoms with Crippen LogP contribution in [0.2, 0.25) is 0 Å². The number of sulfonamides is 1. The van der Waals surface area contributed by atoms with Gasteiger partial charge in [0.05, 0.1) is 16.3 Å². The molecule has 1 rings (SSSR count). The van der Waals surface area contributed by atoms with Crippen molar-refractivity contribution >= 4 is 21.4 Å². The second kappa shape index (κ2) is 6.95. The van der Waals surface area contributed by atoms with E-state index in [-0.39, 0.29) is 10.9 Å². The van der Waals surface area contributed by atoms with Crippen molar-refractivity contribution in [1.29, 1.82) is 0 Å². The molecule has 0 aromatic heterocycles. The van der Waals surface area contributed by atoms with Gasteiger partial charge in [-0.3, -0.25) is 0 Å². The van der Waals surface area contributed by atoms with Gasteiger partial charge in [0.2, 0.25) is 10.0 Å². The summed E-state index contributed by atoms with van der Waals surface area (Å²) in [6, 6.07) is 5.00. The molecular weight excluding hydrogens is 274 g/mol. The second-order valence-corrected chi connectivity index (χ2v) is 6.92. The summed E-state index contributed by atoms with van der Waals surface area (Å²) in [6.45, 7) is 8.44. The maximum atomic E-state index is 12.0. The van der Waals surface area contributed by atoms with Crippen molar-refractivity contribution < 1.29 is 8.42 Å². The van der Waals surface area contributed by atoms with Crippen LogP contribution in [0.3, 0.4) is 0 Å². The molecule has 1 unspecified atom stereocenters. The molecule has 0 spiro atoms. The van der Waals surface area contributed by atoms with Crippen LogP contribution in [0.1, 0.15) is 34.1 Å². The second-order valence-electron chi connectivity index (χ2n) is 5.15. The predicted octanol–water partition coefficient (Wildman–Crippen LogP) is 2.41. The predicted molar refractivity (Wildman–Crippen MR) is 84.3 cm³/mol. The molecule has 0 radical (unpaired) electrons. The molecule has 0 aliphatic carbocycles. The van der Waals surface area contributed by atoms with Crippen molar-refractivity contribution in [3.8, 4) is 0 Å². The number of hydrogen-bond acceptors (Lipinski definition) is 4. The number of rotatable bonds is 7. The molecule has 0 amide bonds. The Morgan fingerprint density at radius 2 is 1.90 bits per heavy atom. The Kier molecular flexibility index (Phi) is 5.83. The van der Waals surface area contributed by atoms with E-state index in [4.69, 9.17) is 5.73 Å². The molecule has 4 N–H and O–H groups in total. The zero-order valence-corrected chi connectivity index (χ0v) is 13.4. The highest BCUT2D eigenvalue weighted by atomic mass is 32.2. The molecule has 1 aromatic carbocycles. The molecule has 0 saturated heterocycles. The standard InChI is InChI=1S/C14H25N3O2S/c1-5-13(10(3)4)17-14-9-11(7-8-12(14)15)20(18,19)16-6-2/h7-10,13,16-17H,5-6,15H2,1-4H3. The summed E-state index contributed by atoms with van der Waals surface area (Å²) in [5.74, 6) is 0.438. The van der Waals surface area contributed by atoms with Crippen LogP contribution in [0.5, 0.6) is 0 Å². The van der Waals surface area contributed by atoms with E-state index in [9.17, 15) is 8.42 Å². The van der Waals surface area contributed by atoms with Gasteiger partial charge in [0, 0.05) is 12.6 Å². The van der Waals surface area contributed by atoms with E-state index in [0.29, 0.717) is 23.8 Å². The summed E-state index contributed by atoms with van der Waals surface area (Å²) >= 11 is 0. The summed E-state index contributed by atoms with van der Waals surface area (Å²) in [6.07, 6.45) is 0.946. The van der Waals surface area contributed by atoms with Gasteiger partial charge >= 0.3 is 0 Å². The van der Waals surface area contributed by atoms with Gasteiger partial charge in [-0.05, 0) is 30.5 Å².